The number of hydrogen-bond acceptors (Lipinski definition) is 2. The van der Waals surface area contributed by atoms with E-state index in [2.05, 4.69) is 21.2 Å². The van der Waals surface area contributed by atoms with Crippen molar-refractivity contribution in [3.8, 4) is 0 Å². The minimum atomic E-state index is -0.210. The number of carbonyl (C=O) groups excluding carboxylic acids is 1. The molecular weight excluding hydrogens is 316 g/mol. The number of nitrogens with one attached hydrogen (secondary N) is 1. The first-order valence-electron chi connectivity index (χ1n) is 5.18. The van der Waals surface area contributed by atoms with Crippen LogP contribution in [0.2, 0.25) is 5.02 Å². The number of nitrogens with two attached hydrogens (primary N) is 1. The second-order valence-electron chi connectivity index (χ2n) is 3.71. The van der Waals surface area contributed by atoms with Crippen molar-refractivity contribution >= 4 is 44.8 Å². The third-order valence-corrected chi connectivity index (χ3v) is 3.54. The molecule has 0 spiro atoms. The van der Waals surface area contributed by atoms with Gasteiger partial charge < -0.3 is 11.1 Å². The van der Waals surface area contributed by atoms with Crippen LogP contribution in [-0.2, 0) is 0 Å². The number of nitrogen functional groups attached to an aromatic ring is 1. The Bertz CT molecular complexity index is 601. The second-order valence-corrected chi connectivity index (χ2v) is 4.97. The zero-order valence-corrected chi connectivity index (χ0v) is 11.6. The highest BCUT2D eigenvalue weighted by molar-refractivity contribution is 9.10. The molecular formula is C13H10BrClN2O. The van der Waals surface area contributed by atoms with Crippen molar-refractivity contribution in [1.29, 1.82) is 0 Å². The predicted octanol–water partition coefficient (Wildman–Crippen LogP) is 3.94. The smallest absolute Gasteiger partial charge is 0.255 e. The molecule has 2 aromatic rings. The molecule has 0 radical (unpaired) electrons. The van der Waals surface area contributed by atoms with Crippen LogP contribution in [0.4, 0.5) is 11.4 Å². The van der Waals surface area contributed by atoms with E-state index in [1.54, 1.807) is 42.5 Å². The lowest BCUT2D eigenvalue weighted by Gasteiger charge is -2.06. The fourth-order valence-corrected chi connectivity index (χ4v) is 1.95. The standard InChI is InChI=1S/C13H10BrClN2O/c14-11-6-8(4-5-12(11)15)13(18)17-10-3-1-2-9(16)7-10/h1-7H,16H2,(H,17,18). The van der Waals surface area contributed by atoms with Crippen LogP contribution in [0, 0.1) is 0 Å². The molecule has 0 aromatic heterocycles. The van der Waals surface area contributed by atoms with Crippen LogP contribution in [0.5, 0.6) is 0 Å². The minimum Gasteiger partial charge on any atom is -0.399 e. The van der Waals surface area contributed by atoms with Crippen LogP contribution >= 0.6 is 27.5 Å². The Labute approximate surface area is 118 Å². The number of rotatable bonds is 2. The Kier molecular flexibility index (Phi) is 3.89. The molecule has 0 aliphatic rings. The number of anilines is 2. The maximum atomic E-state index is 12.0. The van der Waals surface area contributed by atoms with Gasteiger partial charge in [-0.25, -0.2) is 0 Å². The van der Waals surface area contributed by atoms with Crippen molar-refractivity contribution in [1.82, 2.24) is 0 Å². The summed E-state index contributed by atoms with van der Waals surface area (Å²) in [5.74, 6) is -0.210. The summed E-state index contributed by atoms with van der Waals surface area (Å²) >= 11 is 9.15. The van der Waals surface area contributed by atoms with Crippen molar-refractivity contribution in [2.75, 3.05) is 11.1 Å². The first-order chi connectivity index (χ1) is 8.56. The third-order valence-electron chi connectivity index (χ3n) is 2.33. The van der Waals surface area contributed by atoms with Gasteiger partial charge in [0.15, 0.2) is 0 Å². The molecule has 2 rings (SSSR count). The zero-order chi connectivity index (χ0) is 13.1. The molecule has 92 valence electrons. The van der Waals surface area contributed by atoms with Gasteiger partial charge in [-0.2, -0.15) is 0 Å². The van der Waals surface area contributed by atoms with Gasteiger partial charge in [0.05, 0.1) is 5.02 Å². The number of hydrogen-bond donors (Lipinski definition) is 2. The largest absolute Gasteiger partial charge is 0.399 e. The molecule has 3 N–H and O–H groups in total. The summed E-state index contributed by atoms with van der Waals surface area (Å²) in [6.45, 7) is 0. The van der Waals surface area contributed by atoms with E-state index in [-0.39, 0.29) is 5.91 Å². The zero-order valence-electron chi connectivity index (χ0n) is 9.28. The maximum absolute atomic E-state index is 12.0. The lowest BCUT2D eigenvalue weighted by Crippen LogP contribution is -2.11. The summed E-state index contributed by atoms with van der Waals surface area (Å²) in [4.78, 5) is 12.0. The molecule has 0 aliphatic heterocycles. The number of halogens is 2. The molecule has 0 atom stereocenters. The summed E-state index contributed by atoms with van der Waals surface area (Å²) in [6.07, 6.45) is 0. The van der Waals surface area contributed by atoms with Gasteiger partial charge in [0.1, 0.15) is 0 Å². The molecule has 3 nitrogen and oxygen atoms in total. The Morgan fingerprint density at radius 3 is 2.67 bits per heavy atom. The molecule has 18 heavy (non-hydrogen) atoms. The Balaban J connectivity index is 2.19. The summed E-state index contributed by atoms with van der Waals surface area (Å²) in [6, 6.07) is 12.0. The first kappa shape index (κ1) is 12.9. The molecule has 0 aliphatic carbocycles. The van der Waals surface area contributed by atoms with E-state index in [0.717, 1.165) is 0 Å². The normalized spacial score (nSPS) is 10.1. The number of benzene rings is 2. The van der Waals surface area contributed by atoms with E-state index in [9.17, 15) is 4.79 Å². The van der Waals surface area contributed by atoms with E-state index in [4.69, 9.17) is 17.3 Å². The Hall–Kier alpha value is -1.52. The van der Waals surface area contributed by atoms with Crippen molar-refractivity contribution in [2.24, 2.45) is 0 Å². The van der Waals surface area contributed by atoms with Crippen LogP contribution in [0.3, 0.4) is 0 Å². The Morgan fingerprint density at radius 1 is 1.22 bits per heavy atom. The second kappa shape index (κ2) is 5.42. The van der Waals surface area contributed by atoms with Crippen molar-refractivity contribution < 1.29 is 4.79 Å². The van der Waals surface area contributed by atoms with Crippen molar-refractivity contribution in [3.05, 3.63) is 57.5 Å². The van der Waals surface area contributed by atoms with Gasteiger partial charge in [0.25, 0.3) is 5.91 Å². The van der Waals surface area contributed by atoms with Gasteiger partial charge in [-0.15, -0.1) is 0 Å². The van der Waals surface area contributed by atoms with Crippen LogP contribution in [0.1, 0.15) is 10.4 Å². The minimum absolute atomic E-state index is 0.210. The lowest BCUT2D eigenvalue weighted by atomic mass is 10.2. The highest BCUT2D eigenvalue weighted by Crippen LogP contribution is 2.23. The molecule has 0 saturated carbocycles. The van der Waals surface area contributed by atoms with Crippen molar-refractivity contribution in [3.63, 3.8) is 0 Å². The lowest BCUT2D eigenvalue weighted by molar-refractivity contribution is 0.102. The topological polar surface area (TPSA) is 55.1 Å². The SMILES string of the molecule is Nc1cccc(NC(=O)c2ccc(Cl)c(Br)c2)c1. The van der Waals surface area contributed by atoms with E-state index >= 15 is 0 Å². The number of carbonyl (C=O) groups is 1. The Morgan fingerprint density at radius 2 is 2.00 bits per heavy atom. The van der Waals surface area contributed by atoms with Gasteiger partial charge >= 0.3 is 0 Å². The number of amides is 1. The van der Waals surface area contributed by atoms with E-state index in [1.807, 2.05) is 0 Å². The van der Waals surface area contributed by atoms with Gasteiger partial charge in [-0.1, -0.05) is 17.7 Å². The van der Waals surface area contributed by atoms with Crippen molar-refractivity contribution in [2.45, 2.75) is 0 Å². The molecule has 0 bridgehead atoms. The highest BCUT2D eigenvalue weighted by atomic mass is 79.9. The fraction of sp³-hybridized carbons (Fsp3) is 0. The average Bonchev–Trinajstić information content (AvgIpc) is 2.32. The fourth-order valence-electron chi connectivity index (χ4n) is 1.46. The molecule has 5 heteroatoms. The summed E-state index contributed by atoms with van der Waals surface area (Å²) in [7, 11) is 0. The molecule has 0 fully saturated rings. The molecule has 1 amide bonds. The van der Waals surface area contributed by atoms with Gasteiger partial charge in [-0.3, -0.25) is 4.79 Å². The van der Waals surface area contributed by atoms with Crippen LogP contribution < -0.4 is 11.1 Å². The van der Waals surface area contributed by atoms with E-state index in [0.29, 0.717) is 26.4 Å². The van der Waals surface area contributed by atoms with Gasteiger partial charge in [0.2, 0.25) is 0 Å². The van der Waals surface area contributed by atoms with Gasteiger partial charge in [-0.05, 0) is 52.3 Å². The maximum Gasteiger partial charge on any atom is 0.255 e. The molecule has 0 saturated heterocycles. The monoisotopic (exact) mass is 324 g/mol. The quantitative estimate of drug-likeness (QED) is 0.822. The van der Waals surface area contributed by atoms with E-state index < -0.39 is 0 Å². The molecule has 0 unspecified atom stereocenters. The van der Waals surface area contributed by atoms with Crippen LogP contribution in [0.15, 0.2) is 46.9 Å². The van der Waals surface area contributed by atoms with Crippen LogP contribution in [0.25, 0.3) is 0 Å². The van der Waals surface area contributed by atoms with Crippen LogP contribution in [-0.4, -0.2) is 5.91 Å². The highest BCUT2D eigenvalue weighted by Gasteiger charge is 2.08. The molecule has 2 aromatic carbocycles. The molecule has 0 heterocycles. The summed E-state index contributed by atoms with van der Waals surface area (Å²) in [5, 5.41) is 3.33. The average molecular weight is 326 g/mol. The summed E-state index contributed by atoms with van der Waals surface area (Å²) < 4.78 is 0.685. The summed E-state index contributed by atoms with van der Waals surface area (Å²) in [5.41, 5.74) is 7.42. The van der Waals surface area contributed by atoms with Gasteiger partial charge in [0, 0.05) is 21.4 Å². The predicted molar refractivity (Wildman–Crippen MR) is 78.0 cm³/mol. The first-order valence-corrected chi connectivity index (χ1v) is 6.35. The van der Waals surface area contributed by atoms with E-state index in [1.165, 1.54) is 0 Å². The third kappa shape index (κ3) is 3.03.